The van der Waals surface area contributed by atoms with E-state index >= 15 is 0 Å². The van der Waals surface area contributed by atoms with Gasteiger partial charge in [0.15, 0.2) is 5.82 Å². The Kier molecular flexibility index (Phi) is 6.35. The van der Waals surface area contributed by atoms with Crippen LogP contribution in [-0.4, -0.2) is 50.6 Å². The number of piperidine rings is 1. The van der Waals surface area contributed by atoms with Gasteiger partial charge in [-0.3, -0.25) is 9.88 Å². The van der Waals surface area contributed by atoms with Crippen molar-refractivity contribution in [3.05, 3.63) is 59.8 Å². The predicted molar refractivity (Wildman–Crippen MR) is 126 cm³/mol. The maximum atomic E-state index is 5.99. The van der Waals surface area contributed by atoms with Crippen molar-refractivity contribution < 1.29 is 9.47 Å². The zero-order chi connectivity index (χ0) is 22.6. The fourth-order valence-corrected chi connectivity index (χ4v) is 4.64. The van der Waals surface area contributed by atoms with E-state index in [9.17, 15) is 0 Å². The van der Waals surface area contributed by atoms with Crippen molar-refractivity contribution in [2.45, 2.75) is 51.7 Å². The lowest BCUT2D eigenvalue weighted by molar-refractivity contribution is 0.199. The predicted octanol–water partition coefficient (Wildman–Crippen LogP) is 4.11. The molecule has 2 aliphatic heterocycles. The van der Waals surface area contributed by atoms with Crippen LogP contribution in [0.15, 0.2) is 43.0 Å². The van der Waals surface area contributed by atoms with Crippen molar-refractivity contribution >= 4 is 11.8 Å². The van der Waals surface area contributed by atoms with Gasteiger partial charge in [0.25, 0.3) is 0 Å². The van der Waals surface area contributed by atoms with Gasteiger partial charge in [-0.2, -0.15) is 0 Å². The summed E-state index contributed by atoms with van der Waals surface area (Å²) in [5.41, 5.74) is 3.48. The molecule has 1 N–H and O–H groups in total. The number of benzene rings is 1. The second-order valence-electron chi connectivity index (χ2n) is 8.71. The molecule has 0 radical (unpaired) electrons. The van der Waals surface area contributed by atoms with Gasteiger partial charge in [-0.25, -0.2) is 15.0 Å². The molecule has 0 saturated carbocycles. The molecule has 0 aliphatic carbocycles. The average molecular weight is 447 g/mol. The molecule has 8 heteroatoms. The number of likely N-dealkylation sites (tertiary alicyclic amines) is 1. The van der Waals surface area contributed by atoms with Gasteiger partial charge < -0.3 is 14.8 Å². The summed E-state index contributed by atoms with van der Waals surface area (Å²) in [5, 5.41) is 3.13. The fourth-order valence-electron chi connectivity index (χ4n) is 4.64. The number of nitrogens with one attached hydrogen (secondary N) is 1. The van der Waals surface area contributed by atoms with Gasteiger partial charge in [0.1, 0.15) is 17.6 Å². The second-order valence-corrected chi connectivity index (χ2v) is 8.71. The van der Waals surface area contributed by atoms with Crippen molar-refractivity contribution in [1.29, 1.82) is 0 Å². The summed E-state index contributed by atoms with van der Waals surface area (Å²) in [6.07, 6.45) is 10.3. The summed E-state index contributed by atoms with van der Waals surface area (Å²) in [4.78, 5) is 20.1. The molecule has 4 heterocycles. The number of aromatic nitrogens is 4. The molecule has 33 heavy (non-hydrogen) atoms. The number of rotatable bonds is 7. The Morgan fingerprint density at radius 3 is 2.76 bits per heavy atom. The highest BCUT2D eigenvalue weighted by molar-refractivity contribution is 5.49. The number of nitrogens with zero attached hydrogens (tertiary/aromatic N) is 5. The highest BCUT2D eigenvalue weighted by atomic mass is 16.5. The van der Waals surface area contributed by atoms with Gasteiger partial charge in [-0.15, -0.1) is 0 Å². The van der Waals surface area contributed by atoms with Gasteiger partial charge in [-0.05, 0) is 58.0 Å². The Hall–Kier alpha value is -3.26. The van der Waals surface area contributed by atoms with Crippen LogP contribution in [-0.2, 0) is 13.0 Å². The van der Waals surface area contributed by atoms with Crippen LogP contribution in [0.3, 0.4) is 0 Å². The minimum Gasteiger partial charge on any atom is -0.494 e. The van der Waals surface area contributed by atoms with Crippen molar-refractivity contribution in [1.82, 2.24) is 24.8 Å². The third-order valence-electron chi connectivity index (χ3n) is 6.24. The standard InChI is InChI=1S/C25H30N6O2/c1-3-32-22-12-19-11-17(2)33-23(19)13-20(22)16-31-9-5-18(6-10-31)21-14-26-15-24(29-21)30-25-27-7-4-8-28-25/h4,7-8,12-15,17-18H,3,5-6,9-11,16H2,1-2H3,(H,27,28,29,30)/t17-/m0/s1. The van der Waals surface area contributed by atoms with Crippen LogP contribution in [0, 0.1) is 0 Å². The molecule has 3 aromatic rings. The highest BCUT2D eigenvalue weighted by Gasteiger charge is 2.25. The zero-order valence-corrected chi connectivity index (χ0v) is 19.2. The first-order chi connectivity index (χ1) is 16.2. The van der Waals surface area contributed by atoms with Gasteiger partial charge in [-0.1, -0.05) is 0 Å². The summed E-state index contributed by atoms with van der Waals surface area (Å²) in [6, 6.07) is 6.14. The average Bonchev–Trinajstić information content (AvgIpc) is 3.19. The lowest BCUT2D eigenvalue weighted by Gasteiger charge is -2.32. The maximum Gasteiger partial charge on any atom is 0.228 e. The Morgan fingerprint density at radius 2 is 1.97 bits per heavy atom. The van der Waals surface area contributed by atoms with Crippen LogP contribution in [0.4, 0.5) is 11.8 Å². The van der Waals surface area contributed by atoms with Crippen LogP contribution < -0.4 is 14.8 Å². The van der Waals surface area contributed by atoms with E-state index < -0.39 is 0 Å². The molecule has 0 unspecified atom stereocenters. The number of fused-ring (bicyclic) bond motifs is 1. The topological polar surface area (TPSA) is 85.3 Å². The minimum atomic E-state index is 0.236. The van der Waals surface area contributed by atoms with E-state index in [0.29, 0.717) is 24.3 Å². The molecule has 8 nitrogen and oxygen atoms in total. The van der Waals surface area contributed by atoms with Crippen LogP contribution in [0.1, 0.15) is 49.4 Å². The van der Waals surface area contributed by atoms with E-state index in [4.69, 9.17) is 14.5 Å². The first-order valence-electron chi connectivity index (χ1n) is 11.7. The van der Waals surface area contributed by atoms with Crippen LogP contribution in [0.5, 0.6) is 11.5 Å². The SMILES string of the molecule is CCOc1cc2c(cc1CN1CCC(c3cncc(Nc4ncccn4)n3)CC1)O[C@@H](C)C2. The molecular weight excluding hydrogens is 416 g/mol. The molecule has 1 atom stereocenters. The quantitative estimate of drug-likeness (QED) is 0.580. The molecule has 0 bridgehead atoms. The number of anilines is 2. The first kappa shape index (κ1) is 21.6. The van der Waals surface area contributed by atoms with Crippen molar-refractivity contribution in [2.75, 3.05) is 25.0 Å². The van der Waals surface area contributed by atoms with Gasteiger partial charge in [0.05, 0.1) is 18.5 Å². The minimum absolute atomic E-state index is 0.236. The Labute approximate surface area is 194 Å². The maximum absolute atomic E-state index is 5.99. The molecule has 2 aromatic heterocycles. The van der Waals surface area contributed by atoms with Gasteiger partial charge in [0, 0.05) is 48.6 Å². The molecule has 1 aromatic carbocycles. The number of hydrogen-bond donors (Lipinski definition) is 1. The van der Waals surface area contributed by atoms with Gasteiger partial charge >= 0.3 is 0 Å². The van der Waals surface area contributed by atoms with Crippen molar-refractivity contribution in [3.63, 3.8) is 0 Å². The normalized spacial score (nSPS) is 18.5. The summed E-state index contributed by atoms with van der Waals surface area (Å²) in [7, 11) is 0. The molecule has 5 rings (SSSR count). The van der Waals surface area contributed by atoms with E-state index in [1.165, 1.54) is 11.1 Å². The Bertz CT molecular complexity index is 1090. The third kappa shape index (κ3) is 5.06. The van der Waals surface area contributed by atoms with Crippen LogP contribution >= 0.6 is 0 Å². The zero-order valence-electron chi connectivity index (χ0n) is 19.2. The molecule has 0 spiro atoms. The monoisotopic (exact) mass is 446 g/mol. The van der Waals surface area contributed by atoms with Crippen molar-refractivity contribution in [3.8, 4) is 11.5 Å². The molecule has 2 aliphatic rings. The molecule has 1 fully saturated rings. The Balaban J connectivity index is 1.22. The fraction of sp³-hybridized carbons (Fsp3) is 0.440. The van der Waals surface area contributed by atoms with E-state index in [1.807, 2.05) is 13.1 Å². The largest absolute Gasteiger partial charge is 0.494 e. The van der Waals surface area contributed by atoms with E-state index in [0.717, 1.165) is 56.1 Å². The van der Waals surface area contributed by atoms with E-state index in [1.54, 1.807) is 24.7 Å². The van der Waals surface area contributed by atoms with Gasteiger partial charge in [0.2, 0.25) is 5.95 Å². The number of hydrogen-bond acceptors (Lipinski definition) is 8. The van der Waals surface area contributed by atoms with E-state index in [2.05, 4.69) is 44.2 Å². The van der Waals surface area contributed by atoms with Crippen molar-refractivity contribution in [2.24, 2.45) is 0 Å². The highest BCUT2D eigenvalue weighted by Crippen LogP contribution is 2.36. The molecule has 172 valence electrons. The molecular formula is C25H30N6O2. The second kappa shape index (κ2) is 9.70. The lowest BCUT2D eigenvalue weighted by Crippen LogP contribution is -2.33. The third-order valence-corrected chi connectivity index (χ3v) is 6.24. The summed E-state index contributed by atoms with van der Waals surface area (Å²) in [5.74, 6) is 3.59. The Morgan fingerprint density at radius 1 is 1.15 bits per heavy atom. The summed E-state index contributed by atoms with van der Waals surface area (Å²) >= 11 is 0. The van der Waals surface area contributed by atoms with Crippen LogP contribution in [0.25, 0.3) is 0 Å². The molecule has 0 amide bonds. The molecule has 1 saturated heterocycles. The number of ether oxygens (including phenoxy) is 2. The smallest absolute Gasteiger partial charge is 0.228 e. The first-order valence-corrected chi connectivity index (χ1v) is 11.7. The van der Waals surface area contributed by atoms with E-state index in [-0.39, 0.29) is 6.10 Å². The summed E-state index contributed by atoms with van der Waals surface area (Å²) in [6.45, 7) is 7.70. The lowest BCUT2D eigenvalue weighted by atomic mass is 9.93. The summed E-state index contributed by atoms with van der Waals surface area (Å²) < 4.78 is 12.0. The van der Waals surface area contributed by atoms with Crippen LogP contribution in [0.2, 0.25) is 0 Å².